The van der Waals surface area contributed by atoms with Crippen molar-refractivity contribution in [2.75, 3.05) is 0 Å². The molecule has 8 unspecified atom stereocenters. The Morgan fingerprint density at radius 3 is 1.43 bits per heavy atom. The third-order valence-corrected chi connectivity index (χ3v) is 9.85. The van der Waals surface area contributed by atoms with Crippen LogP contribution in [0, 0.1) is 58.2 Å². The SMILES string of the molecule is O=C1OC(=O)C2C1C1CC2[C@@]2(CC[C@@]3(CC4CC3C3C(=O)OC(=O)C43)C2=O)C1. The van der Waals surface area contributed by atoms with Gasteiger partial charge in [-0.1, -0.05) is 0 Å². The van der Waals surface area contributed by atoms with Gasteiger partial charge in [0.15, 0.2) is 0 Å². The van der Waals surface area contributed by atoms with Gasteiger partial charge in [-0.3, -0.25) is 24.0 Å². The monoisotopic (exact) mass is 384 g/mol. The van der Waals surface area contributed by atoms with E-state index in [0.29, 0.717) is 12.8 Å². The van der Waals surface area contributed by atoms with Crippen molar-refractivity contribution in [1.29, 1.82) is 0 Å². The Hall–Kier alpha value is -2.05. The van der Waals surface area contributed by atoms with Crippen molar-refractivity contribution in [3.05, 3.63) is 0 Å². The zero-order valence-corrected chi connectivity index (χ0v) is 15.2. The van der Waals surface area contributed by atoms with Crippen molar-refractivity contribution >= 4 is 29.7 Å². The molecule has 10 atom stereocenters. The summed E-state index contributed by atoms with van der Waals surface area (Å²) in [5, 5.41) is 0. The van der Waals surface area contributed by atoms with Crippen molar-refractivity contribution in [2.24, 2.45) is 58.2 Å². The number of carbonyl (C=O) groups is 5. The van der Waals surface area contributed by atoms with Crippen molar-refractivity contribution < 1.29 is 33.4 Å². The topological polar surface area (TPSA) is 104 Å². The van der Waals surface area contributed by atoms with Gasteiger partial charge in [0.05, 0.1) is 23.7 Å². The number of esters is 4. The first-order chi connectivity index (χ1) is 13.4. The number of ketones is 1. The van der Waals surface area contributed by atoms with Gasteiger partial charge in [-0.25, -0.2) is 0 Å². The highest BCUT2D eigenvalue weighted by molar-refractivity contribution is 6.02. The molecule has 2 spiro atoms. The number of fused-ring (bicyclic) bond motifs is 12. The molecule has 0 aromatic rings. The molecule has 2 heterocycles. The number of hydrogen-bond acceptors (Lipinski definition) is 7. The fraction of sp³-hybridized carbons (Fsp3) is 0.762. The van der Waals surface area contributed by atoms with E-state index >= 15 is 0 Å². The summed E-state index contributed by atoms with van der Waals surface area (Å²) in [6.45, 7) is 0. The molecule has 0 aromatic carbocycles. The normalized spacial score (nSPS) is 57.6. The summed E-state index contributed by atoms with van der Waals surface area (Å²) in [4.78, 5) is 62.8. The average Bonchev–Trinajstić information content (AvgIpc) is 3.46. The van der Waals surface area contributed by atoms with E-state index < -0.39 is 46.5 Å². The first kappa shape index (κ1) is 15.8. The molecule has 5 saturated carbocycles. The lowest BCUT2D eigenvalue weighted by atomic mass is 9.58. The fourth-order valence-corrected chi connectivity index (χ4v) is 9.16. The summed E-state index contributed by atoms with van der Waals surface area (Å²) in [7, 11) is 0. The molecule has 5 aliphatic carbocycles. The molecule has 0 amide bonds. The number of hydrogen-bond donors (Lipinski definition) is 0. The zero-order valence-electron chi connectivity index (χ0n) is 15.2. The standard InChI is InChI=1S/C21H20O7/c22-15-11-7-3-9(13(11)17(24)27-15)20(5-7)1-2-21(19(20)26)6-8-4-10(21)14-12(8)16(23)28-18(14)25/h7-14H,1-6H2/t7?,8?,9?,10?,11?,12?,13?,14?,20-,21+. The number of rotatable bonds is 0. The highest BCUT2D eigenvalue weighted by atomic mass is 16.6. The van der Waals surface area contributed by atoms with Crippen LogP contribution in [0.2, 0.25) is 0 Å². The Morgan fingerprint density at radius 2 is 1.00 bits per heavy atom. The largest absolute Gasteiger partial charge is 0.393 e. The van der Waals surface area contributed by atoms with E-state index in [4.69, 9.17) is 9.47 Å². The van der Waals surface area contributed by atoms with E-state index in [1.807, 2.05) is 0 Å². The molecular weight excluding hydrogens is 364 g/mol. The summed E-state index contributed by atoms with van der Waals surface area (Å²) in [6, 6.07) is 0. The molecule has 7 rings (SSSR count). The van der Waals surface area contributed by atoms with Crippen LogP contribution in [0.15, 0.2) is 0 Å². The third kappa shape index (κ3) is 1.40. The van der Waals surface area contributed by atoms with E-state index in [1.54, 1.807) is 0 Å². The Balaban J connectivity index is 1.27. The van der Waals surface area contributed by atoms with E-state index in [9.17, 15) is 24.0 Å². The van der Waals surface area contributed by atoms with Crippen LogP contribution >= 0.6 is 0 Å². The number of ether oxygens (including phenoxy) is 2. The highest BCUT2D eigenvalue weighted by Crippen LogP contribution is 2.75. The lowest BCUT2D eigenvalue weighted by Crippen LogP contribution is -2.48. The molecule has 2 saturated heterocycles. The van der Waals surface area contributed by atoms with E-state index in [1.165, 1.54) is 0 Å². The first-order valence-electron chi connectivity index (χ1n) is 10.4. The summed E-state index contributed by atoms with van der Waals surface area (Å²) >= 11 is 0. The van der Waals surface area contributed by atoms with Crippen molar-refractivity contribution in [3.8, 4) is 0 Å². The molecule has 0 aromatic heterocycles. The second-order valence-electron chi connectivity index (χ2n) is 10.3. The second kappa shape index (κ2) is 4.41. The third-order valence-electron chi connectivity index (χ3n) is 9.85. The van der Waals surface area contributed by atoms with Crippen molar-refractivity contribution in [1.82, 2.24) is 0 Å². The minimum atomic E-state index is -0.554. The predicted molar refractivity (Wildman–Crippen MR) is 87.7 cm³/mol. The molecule has 4 bridgehead atoms. The van der Waals surface area contributed by atoms with Crippen molar-refractivity contribution in [2.45, 2.75) is 38.5 Å². The van der Waals surface area contributed by atoms with Crippen LogP contribution in [0.5, 0.6) is 0 Å². The number of cyclic esters (lactones) is 4. The van der Waals surface area contributed by atoms with Crippen molar-refractivity contribution in [3.63, 3.8) is 0 Å². The molecule has 2 aliphatic heterocycles. The van der Waals surface area contributed by atoms with Gasteiger partial charge in [-0.2, -0.15) is 0 Å². The van der Waals surface area contributed by atoms with Crippen LogP contribution < -0.4 is 0 Å². The lowest BCUT2D eigenvalue weighted by molar-refractivity contribution is -0.156. The van der Waals surface area contributed by atoms with Gasteiger partial charge in [0.1, 0.15) is 5.78 Å². The Kier molecular flexibility index (Phi) is 2.49. The first-order valence-corrected chi connectivity index (χ1v) is 10.4. The minimum absolute atomic E-state index is 0.0532. The summed E-state index contributed by atoms with van der Waals surface area (Å²) in [5.41, 5.74) is -1.11. The Bertz CT molecular complexity index is 850. The van der Waals surface area contributed by atoms with Crippen LogP contribution in [0.3, 0.4) is 0 Å². The molecule has 7 nitrogen and oxygen atoms in total. The second-order valence-corrected chi connectivity index (χ2v) is 10.3. The van der Waals surface area contributed by atoms with E-state index in [0.717, 1.165) is 25.7 Å². The van der Waals surface area contributed by atoms with Crippen LogP contribution in [0.25, 0.3) is 0 Å². The van der Waals surface area contributed by atoms with Gasteiger partial charge in [0.2, 0.25) is 0 Å². The van der Waals surface area contributed by atoms with Gasteiger partial charge in [0, 0.05) is 10.8 Å². The molecule has 0 radical (unpaired) electrons. The van der Waals surface area contributed by atoms with Crippen LogP contribution in [0.4, 0.5) is 0 Å². The van der Waals surface area contributed by atoms with E-state index in [-0.39, 0.29) is 41.3 Å². The summed E-state index contributed by atoms with van der Waals surface area (Å²) in [6.07, 6.45) is 4.27. The zero-order chi connectivity index (χ0) is 19.2. The lowest BCUT2D eigenvalue weighted by Gasteiger charge is -2.41. The van der Waals surface area contributed by atoms with E-state index in [2.05, 4.69) is 0 Å². The Labute approximate surface area is 160 Å². The Morgan fingerprint density at radius 1 is 0.607 bits per heavy atom. The summed E-state index contributed by atoms with van der Waals surface area (Å²) < 4.78 is 9.82. The highest BCUT2D eigenvalue weighted by Gasteiger charge is 2.78. The van der Waals surface area contributed by atoms with Crippen LogP contribution in [-0.4, -0.2) is 29.7 Å². The van der Waals surface area contributed by atoms with Crippen LogP contribution in [0.1, 0.15) is 38.5 Å². The number of carbonyl (C=O) groups excluding carboxylic acids is 5. The maximum Gasteiger partial charge on any atom is 0.317 e. The molecular formula is C21H20O7. The van der Waals surface area contributed by atoms with Gasteiger partial charge in [-0.15, -0.1) is 0 Å². The molecule has 7 aliphatic rings. The minimum Gasteiger partial charge on any atom is -0.393 e. The molecule has 28 heavy (non-hydrogen) atoms. The predicted octanol–water partition coefficient (Wildman–Crippen LogP) is 1.03. The molecule has 146 valence electrons. The maximum atomic E-state index is 14.0. The molecule has 7 fully saturated rings. The molecule has 7 heteroatoms. The number of Topliss-reactive ketones (excluding diaryl/α,β-unsaturated/α-hetero) is 1. The quantitative estimate of drug-likeness (QED) is 0.454. The molecule has 0 N–H and O–H groups in total. The smallest absolute Gasteiger partial charge is 0.317 e. The van der Waals surface area contributed by atoms with Gasteiger partial charge in [0.25, 0.3) is 0 Å². The fourth-order valence-electron chi connectivity index (χ4n) is 9.16. The average molecular weight is 384 g/mol. The van der Waals surface area contributed by atoms with Gasteiger partial charge < -0.3 is 9.47 Å². The van der Waals surface area contributed by atoms with Gasteiger partial charge in [-0.05, 0) is 62.2 Å². The summed E-state index contributed by atoms with van der Waals surface area (Å²) in [5.74, 6) is -3.28. The maximum absolute atomic E-state index is 14.0. The van der Waals surface area contributed by atoms with Crippen LogP contribution in [-0.2, 0) is 33.4 Å². The van der Waals surface area contributed by atoms with Gasteiger partial charge >= 0.3 is 23.9 Å².